The molecule has 1 aromatic carbocycles. The van der Waals surface area contributed by atoms with E-state index in [4.69, 9.17) is 4.74 Å². The van der Waals surface area contributed by atoms with Gasteiger partial charge in [-0.2, -0.15) is 0 Å². The Kier molecular flexibility index (Phi) is 5.29. The van der Waals surface area contributed by atoms with Crippen LogP contribution < -0.4 is 4.90 Å². The Labute approximate surface area is 138 Å². The molecular weight excluding hydrogens is 292 g/mol. The molecule has 1 aliphatic heterocycles. The van der Waals surface area contributed by atoms with Gasteiger partial charge in [0.1, 0.15) is 0 Å². The third-order valence-electron chi connectivity index (χ3n) is 3.95. The van der Waals surface area contributed by atoms with E-state index in [1.165, 1.54) is 0 Å². The molecule has 1 aromatic rings. The average Bonchev–Trinajstić information content (AvgIpc) is 2.54. The summed E-state index contributed by atoms with van der Waals surface area (Å²) in [6.45, 7) is 11.1. The second-order valence-electron chi connectivity index (χ2n) is 6.80. The summed E-state index contributed by atoms with van der Waals surface area (Å²) >= 11 is 0. The summed E-state index contributed by atoms with van der Waals surface area (Å²) in [4.78, 5) is 28.1. The number of hydrogen-bond acceptors (Lipinski definition) is 4. The third kappa shape index (κ3) is 4.24. The average molecular weight is 318 g/mol. The SMILES string of the molecule is CCOC(=O)c1ccc(N2CCN(C(=O)C(C)(C)C)CC2)cc1. The molecule has 23 heavy (non-hydrogen) atoms. The smallest absolute Gasteiger partial charge is 0.338 e. The first-order chi connectivity index (χ1) is 10.8. The molecule has 0 aromatic heterocycles. The van der Waals surface area contributed by atoms with Crippen LogP contribution in [-0.4, -0.2) is 49.6 Å². The van der Waals surface area contributed by atoms with Crippen LogP contribution in [0.25, 0.3) is 0 Å². The molecule has 0 spiro atoms. The van der Waals surface area contributed by atoms with Crippen molar-refractivity contribution in [3.63, 3.8) is 0 Å². The largest absolute Gasteiger partial charge is 0.462 e. The summed E-state index contributed by atoms with van der Waals surface area (Å²) < 4.78 is 4.99. The maximum atomic E-state index is 12.3. The van der Waals surface area contributed by atoms with E-state index < -0.39 is 0 Å². The van der Waals surface area contributed by atoms with E-state index in [-0.39, 0.29) is 17.3 Å². The zero-order valence-corrected chi connectivity index (χ0v) is 14.5. The van der Waals surface area contributed by atoms with Crippen LogP contribution in [0.1, 0.15) is 38.1 Å². The maximum Gasteiger partial charge on any atom is 0.338 e. The molecule has 1 fully saturated rings. The van der Waals surface area contributed by atoms with E-state index in [0.29, 0.717) is 12.2 Å². The minimum atomic E-state index is -0.330. The van der Waals surface area contributed by atoms with E-state index in [2.05, 4.69) is 4.90 Å². The predicted octanol–water partition coefficient (Wildman–Crippen LogP) is 2.56. The quantitative estimate of drug-likeness (QED) is 0.804. The highest BCUT2D eigenvalue weighted by molar-refractivity contribution is 5.89. The zero-order chi connectivity index (χ0) is 17.0. The standard InChI is InChI=1S/C18H26N2O3/c1-5-23-16(21)14-6-8-15(9-7-14)19-10-12-20(13-11-19)17(22)18(2,3)4/h6-9H,5,10-13H2,1-4H3. The molecule has 5 nitrogen and oxygen atoms in total. The number of rotatable bonds is 3. The van der Waals surface area contributed by atoms with E-state index >= 15 is 0 Å². The van der Waals surface area contributed by atoms with Gasteiger partial charge in [0.2, 0.25) is 5.91 Å². The van der Waals surface area contributed by atoms with Gasteiger partial charge in [-0.1, -0.05) is 20.8 Å². The Morgan fingerprint density at radius 3 is 2.09 bits per heavy atom. The van der Waals surface area contributed by atoms with Crippen LogP contribution in [0.3, 0.4) is 0 Å². The van der Waals surface area contributed by atoms with E-state index in [0.717, 1.165) is 31.9 Å². The Hall–Kier alpha value is -2.04. The molecule has 0 saturated carbocycles. The number of benzene rings is 1. The fourth-order valence-electron chi connectivity index (χ4n) is 2.66. The van der Waals surface area contributed by atoms with Crippen molar-refractivity contribution in [3.05, 3.63) is 29.8 Å². The lowest BCUT2D eigenvalue weighted by atomic mass is 9.94. The van der Waals surface area contributed by atoms with E-state index in [1.807, 2.05) is 37.8 Å². The number of piperazine rings is 1. The van der Waals surface area contributed by atoms with Crippen LogP contribution in [-0.2, 0) is 9.53 Å². The molecule has 1 saturated heterocycles. The number of hydrogen-bond donors (Lipinski definition) is 0. The summed E-state index contributed by atoms with van der Waals surface area (Å²) in [5.74, 6) is -0.0885. The fourth-order valence-corrected chi connectivity index (χ4v) is 2.66. The van der Waals surface area contributed by atoms with Crippen molar-refractivity contribution in [2.24, 2.45) is 5.41 Å². The maximum absolute atomic E-state index is 12.3. The first-order valence-corrected chi connectivity index (χ1v) is 8.14. The normalized spacial score (nSPS) is 15.5. The fraction of sp³-hybridized carbons (Fsp3) is 0.556. The Morgan fingerprint density at radius 1 is 1.04 bits per heavy atom. The van der Waals surface area contributed by atoms with Gasteiger partial charge in [0.25, 0.3) is 0 Å². The molecule has 1 amide bonds. The molecule has 126 valence electrons. The van der Waals surface area contributed by atoms with Gasteiger partial charge in [-0.3, -0.25) is 4.79 Å². The van der Waals surface area contributed by atoms with Crippen LogP contribution in [0.4, 0.5) is 5.69 Å². The van der Waals surface area contributed by atoms with Crippen molar-refractivity contribution in [1.29, 1.82) is 0 Å². The van der Waals surface area contributed by atoms with Gasteiger partial charge in [-0.05, 0) is 31.2 Å². The molecular formula is C18H26N2O3. The lowest BCUT2D eigenvalue weighted by Crippen LogP contribution is -2.51. The summed E-state index contributed by atoms with van der Waals surface area (Å²) in [5.41, 5.74) is 1.31. The van der Waals surface area contributed by atoms with E-state index in [1.54, 1.807) is 19.1 Å². The monoisotopic (exact) mass is 318 g/mol. The molecule has 5 heteroatoms. The van der Waals surface area contributed by atoms with Crippen molar-refractivity contribution in [2.45, 2.75) is 27.7 Å². The van der Waals surface area contributed by atoms with Crippen LogP contribution in [0, 0.1) is 5.41 Å². The highest BCUT2D eigenvalue weighted by Crippen LogP contribution is 2.21. The molecule has 1 aliphatic rings. The Balaban J connectivity index is 1.95. The lowest BCUT2D eigenvalue weighted by Gasteiger charge is -2.38. The Bertz CT molecular complexity index is 553. The van der Waals surface area contributed by atoms with Crippen molar-refractivity contribution < 1.29 is 14.3 Å². The number of anilines is 1. The number of carbonyl (C=O) groups excluding carboxylic acids is 2. The highest BCUT2D eigenvalue weighted by atomic mass is 16.5. The summed E-state index contributed by atoms with van der Waals surface area (Å²) in [6.07, 6.45) is 0. The minimum absolute atomic E-state index is 0.204. The van der Waals surface area contributed by atoms with Crippen molar-refractivity contribution >= 4 is 17.6 Å². The molecule has 0 atom stereocenters. The van der Waals surface area contributed by atoms with Crippen molar-refractivity contribution in [1.82, 2.24) is 4.90 Å². The van der Waals surface area contributed by atoms with Gasteiger partial charge in [0, 0.05) is 37.3 Å². The number of amides is 1. The number of carbonyl (C=O) groups is 2. The van der Waals surface area contributed by atoms with Gasteiger partial charge >= 0.3 is 5.97 Å². The number of ether oxygens (including phenoxy) is 1. The van der Waals surface area contributed by atoms with Crippen LogP contribution in [0.2, 0.25) is 0 Å². The lowest BCUT2D eigenvalue weighted by molar-refractivity contribution is -0.139. The van der Waals surface area contributed by atoms with Gasteiger partial charge in [-0.15, -0.1) is 0 Å². The molecule has 1 heterocycles. The number of nitrogens with zero attached hydrogens (tertiary/aromatic N) is 2. The van der Waals surface area contributed by atoms with Crippen LogP contribution in [0.5, 0.6) is 0 Å². The number of esters is 1. The molecule has 0 bridgehead atoms. The Morgan fingerprint density at radius 2 is 1.61 bits per heavy atom. The van der Waals surface area contributed by atoms with Gasteiger partial charge in [-0.25, -0.2) is 4.79 Å². The second kappa shape index (κ2) is 7.02. The van der Waals surface area contributed by atoms with Crippen molar-refractivity contribution in [3.8, 4) is 0 Å². The minimum Gasteiger partial charge on any atom is -0.462 e. The summed E-state index contributed by atoms with van der Waals surface area (Å²) in [5, 5.41) is 0. The second-order valence-corrected chi connectivity index (χ2v) is 6.80. The summed E-state index contributed by atoms with van der Waals surface area (Å²) in [7, 11) is 0. The van der Waals surface area contributed by atoms with Gasteiger partial charge in [0.15, 0.2) is 0 Å². The molecule has 0 N–H and O–H groups in total. The van der Waals surface area contributed by atoms with Gasteiger partial charge in [0.05, 0.1) is 12.2 Å². The van der Waals surface area contributed by atoms with Crippen LogP contribution >= 0.6 is 0 Å². The third-order valence-corrected chi connectivity index (χ3v) is 3.95. The first kappa shape index (κ1) is 17.3. The molecule has 2 rings (SSSR count). The topological polar surface area (TPSA) is 49.9 Å². The summed E-state index contributed by atoms with van der Waals surface area (Å²) in [6, 6.07) is 7.46. The zero-order valence-electron chi connectivity index (χ0n) is 14.5. The van der Waals surface area contributed by atoms with Crippen LogP contribution in [0.15, 0.2) is 24.3 Å². The molecule has 0 aliphatic carbocycles. The first-order valence-electron chi connectivity index (χ1n) is 8.14. The van der Waals surface area contributed by atoms with Crippen molar-refractivity contribution in [2.75, 3.05) is 37.7 Å². The molecule has 0 unspecified atom stereocenters. The predicted molar refractivity (Wildman–Crippen MR) is 90.6 cm³/mol. The molecule has 0 radical (unpaired) electrons. The van der Waals surface area contributed by atoms with E-state index in [9.17, 15) is 9.59 Å². The highest BCUT2D eigenvalue weighted by Gasteiger charge is 2.29. The van der Waals surface area contributed by atoms with Gasteiger partial charge < -0.3 is 14.5 Å².